The van der Waals surface area contributed by atoms with Crippen LogP contribution >= 0.6 is 11.6 Å². The monoisotopic (exact) mass is 260 g/mol. The van der Waals surface area contributed by atoms with Crippen molar-refractivity contribution in [2.24, 2.45) is 5.10 Å². The van der Waals surface area contributed by atoms with E-state index in [9.17, 15) is 0 Å². The Hall–Kier alpha value is -0.980. The molecule has 2 heterocycles. The normalized spacial score (nSPS) is 22.0. The summed E-state index contributed by atoms with van der Waals surface area (Å²) >= 11 is 5.96. The summed E-state index contributed by atoms with van der Waals surface area (Å²) in [6.45, 7) is 6.85. The van der Waals surface area contributed by atoms with Crippen molar-refractivity contribution < 1.29 is 9.47 Å². The van der Waals surface area contributed by atoms with Crippen molar-refractivity contribution in [2.75, 3.05) is 26.3 Å². The third kappa shape index (κ3) is 3.49. The zero-order valence-corrected chi connectivity index (χ0v) is 10.8. The second-order valence-corrected chi connectivity index (χ2v) is 4.45. The highest BCUT2D eigenvalue weighted by molar-refractivity contribution is 6.68. The van der Waals surface area contributed by atoms with Gasteiger partial charge in [-0.1, -0.05) is 11.6 Å². The Balaban J connectivity index is 1.99. The van der Waals surface area contributed by atoms with Crippen LogP contribution in [0.5, 0.6) is 0 Å². The number of nitrogens with one attached hydrogen (secondary N) is 1. The maximum Gasteiger partial charge on any atom is 0.211 e. The van der Waals surface area contributed by atoms with E-state index in [0.717, 1.165) is 13.1 Å². The second-order valence-electron chi connectivity index (χ2n) is 4.07. The van der Waals surface area contributed by atoms with Gasteiger partial charge >= 0.3 is 0 Å². The minimum absolute atomic E-state index is 0.0860. The van der Waals surface area contributed by atoms with E-state index in [1.54, 1.807) is 11.3 Å². The van der Waals surface area contributed by atoms with Gasteiger partial charge in [-0.2, -0.15) is 5.01 Å². The van der Waals surface area contributed by atoms with Gasteiger partial charge in [0.1, 0.15) is 0 Å². The first kappa shape index (κ1) is 12.5. The van der Waals surface area contributed by atoms with Crippen LogP contribution in [-0.2, 0) is 9.47 Å². The number of hydrogen-bond acceptors (Lipinski definition) is 6. The van der Waals surface area contributed by atoms with Gasteiger partial charge in [-0.25, -0.2) is 5.43 Å². The van der Waals surface area contributed by atoms with Crippen molar-refractivity contribution in [1.82, 2.24) is 15.7 Å². The largest absolute Gasteiger partial charge is 0.475 e. The molecule has 17 heavy (non-hydrogen) atoms. The molecule has 0 atom stereocenters. The summed E-state index contributed by atoms with van der Waals surface area (Å²) in [5, 5.41) is 8.21. The molecule has 0 aromatic rings. The van der Waals surface area contributed by atoms with Gasteiger partial charge in [0.2, 0.25) is 5.88 Å². The predicted molar refractivity (Wildman–Crippen MR) is 65.0 cm³/mol. The maximum atomic E-state index is 5.96. The first-order valence-corrected chi connectivity index (χ1v) is 6.05. The quantitative estimate of drug-likeness (QED) is 0.816. The van der Waals surface area contributed by atoms with Crippen LogP contribution in [0.3, 0.4) is 0 Å². The fourth-order valence-electron chi connectivity index (χ4n) is 1.57. The minimum atomic E-state index is 0.0860. The molecule has 0 unspecified atom stereocenters. The summed E-state index contributed by atoms with van der Waals surface area (Å²) in [5.41, 5.74) is 3.06. The number of hydrogen-bond donors (Lipinski definition) is 1. The van der Waals surface area contributed by atoms with Gasteiger partial charge in [0.05, 0.1) is 19.3 Å². The van der Waals surface area contributed by atoms with E-state index in [-0.39, 0.29) is 6.10 Å². The predicted octanol–water partition coefficient (Wildman–Crippen LogP) is 0.873. The highest BCUT2D eigenvalue weighted by Gasteiger charge is 2.22. The lowest BCUT2D eigenvalue weighted by Gasteiger charge is -2.36. The molecule has 0 bridgehead atoms. The highest BCUT2D eigenvalue weighted by atomic mass is 35.5. The summed E-state index contributed by atoms with van der Waals surface area (Å²) in [6.07, 6.45) is 1.75. The summed E-state index contributed by atoms with van der Waals surface area (Å²) in [4.78, 5) is 0. The van der Waals surface area contributed by atoms with Gasteiger partial charge in [-0.3, -0.25) is 0 Å². The van der Waals surface area contributed by atoms with E-state index < -0.39 is 0 Å². The molecule has 2 aliphatic heterocycles. The van der Waals surface area contributed by atoms with Crippen molar-refractivity contribution >= 4 is 16.8 Å². The Bertz CT molecular complexity index is 326. The van der Waals surface area contributed by atoms with Gasteiger partial charge in [0, 0.05) is 19.2 Å². The van der Waals surface area contributed by atoms with Crippen molar-refractivity contribution in [1.29, 1.82) is 0 Å². The number of nitrogens with zero attached hydrogens (tertiary/aromatic N) is 3. The SMILES string of the molecule is CC(C)OC1=CC(Cl)=NN(N2CCOCC2)N1. The molecular formula is C10H17ClN4O2. The molecule has 0 saturated carbocycles. The molecule has 7 heteroatoms. The standard InChI is InChI=1S/C10H17ClN4O2/c1-8(2)17-10-7-9(11)12-15(13-10)14-3-5-16-6-4-14/h7-8,13H,3-6H2,1-2H3. The number of allylic oxidation sites excluding steroid dienone is 1. The first-order chi connectivity index (χ1) is 8.15. The van der Waals surface area contributed by atoms with Crippen LogP contribution in [-0.4, -0.2) is 47.8 Å². The third-order valence-electron chi connectivity index (χ3n) is 2.27. The average Bonchev–Trinajstić information content (AvgIpc) is 2.28. The zero-order valence-electron chi connectivity index (χ0n) is 10.0. The van der Waals surface area contributed by atoms with Crippen LogP contribution in [0.15, 0.2) is 17.1 Å². The Morgan fingerprint density at radius 3 is 2.82 bits per heavy atom. The van der Waals surface area contributed by atoms with Crippen LogP contribution in [0.1, 0.15) is 13.8 Å². The molecule has 0 radical (unpaired) electrons. The molecule has 2 rings (SSSR count). The number of ether oxygens (including phenoxy) is 2. The van der Waals surface area contributed by atoms with Crippen LogP contribution < -0.4 is 5.43 Å². The van der Waals surface area contributed by atoms with E-state index in [2.05, 4.69) is 10.5 Å². The lowest BCUT2D eigenvalue weighted by atomic mass is 10.5. The smallest absolute Gasteiger partial charge is 0.211 e. The maximum absolute atomic E-state index is 5.96. The van der Waals surface area contributed by atoms with E-state index in [0.29, 0.717) is 24.3 Å². The molecule has 1 N–H and O–H groups in total. The Morgan fingerprint density at radius 1 is 1.47 bits per heavy atom. The summed E-state index contributed by atoms with van der Waals surface area (Å²) in [5.74, 6) is 0.603. The molecule has 1 fully saturated rings. The molecule has 0 aliphatic carbocycles. The van der Waals surface area contributed by atoms with Gasteiger partial charge < -0.3 is 9.47 Å². The van der Waals surface area contributed by atoms with Crippen molar-refractivity contribution in [3.05, 3.63) is 12.0 Å². The molecular weight excluding hydrogens is 244 g/mol. The Kier molecular flexibility index (Phi) is 4.09. The zero-order chi connectivity index (χ0) is 12.3. The molecule has 0 spiro atoms. The van der Waals surface area contributed by atoms with E-state index in [1.165, 1.54) is 0 Å². The summed E-state index contributed by atoms with van der Waals surface area (Å²) < 4.78 is 10.9. The summed E-state index contributed by atoms with van der Waals surface area (Å²) in [7, 11) is 0. The fraction of sp³-hybridized carbons (Fsp3) is 0.700. The second kappa shape index (κ2) is 5.57. The summed E-state index contributed by atoms with van der Waals surface area (Å²) in [6, 6.07) is 0. The van der Waals surface area contributed by atoms with Crippen LogP contribution in [0.2, 0.25) is 0 Å². The number of morpholine rings is 1. The van der Waals surface area contributed by atoms with Crippen molar-refractivity contribution in [3.8, 4) is 0 Å². The number of rotatable bonds is 3. The Labute approximate surface area is 106 Å². The van der Waals surface area contributed by atoms with Gasteiger partial charge in [-0.15, -0.1) is 10.3 Å². The van der Waals surface area contributed by atoms with Crippen LogP contribution in [0.4, 0.5) is 0 Å². The molecule has 0 amide bonds. The molecule has 96 valence electrons. The highest BCUT2D eigenvalue weighted by Crippen LogP contribution is 2.12. The van der Waals surface area contributed by atoms with Gasteiger partial charge in [-0.05, 0) is 13.8 Å². The Morgan fingerprint density at radius 2 is 2.18 bits per heavy atom. The lowest BCUT2D eigenvalue weighted by Crippen LogP contribution is -2.53. The molecule has 0 aromatic carbocycles. The lowest BCUT2D eigenvalue weighted by molar-refractivity contribution is -0.125. The molecule has 2 aliphatic rings. The van der Waals surface area contributed by atoms with E-state index >= 15 is 0 Å². The molecule has 0 aromatic heterocycles. The number of hydrazone groups is 1. The number of halogens is 1. The van der Waals surface area contributed by atoms with Crippen molar-refractivity contribution in [2.45, 2.75) is 20.0 Å². The van der Waals surface area contributed by atoms with E-state index in [4.69, 9.17) is 21.1 Å². The average molecular weight is 261 g/mol. The topological polar surface area (TPSA) is 49.3 Å². The third-order valence-corrected chi connectivity index (χ3v) is 2.45. The first-order valence-electron chi connectivity index (χ1n) is 5.67. The van der Waals surface area contributed by atoms with Gasteiger partial charge in [0.15, 0.2) is 5.17 Å². The number of hydrazine groups is 2. The van der Waals surface area contributed by atoms with Crippen molar-refractivity contribution in [3.63, 3.8) is 0 Å². The van der Waals surface area contributed by atoms with Crippen LogP contribution in [0, 0.1) is 0 Å². The molecule has 1 saturated heterocycles. The fourth-order valence-corrected chi connectivity index (χ4v) is 1.75. The molecule has 6 nitrogen and oxygen atoms in total. The van der Waals surface area contributed by atoms with Crippen LogP contribution in [0.25, 0.3) is 0 Å². The van der Waals surface area contributed by atoms with Gasteiger partial charge in [0.25, 0.3) is 0 Å². The minimum Gasteiger partial charge on any atom is -0.475 e. The van der Waals surface area contributed by atoms with E-state index in [1.807, 2.05) is 18.9 Å².